The summed E-state index contributed by atoms with van der Waals surface area (Å²) in [5.74, 6) is 0. The standard InChI is InChI=1S/C58H38N2O/c1-3-14-39(15-4-1)44-19-11-21-46(36-44)59(48-33-34-51-50-23-8-10-27-55(50)61-56(51)38-48)47-22-12-20-45(37-47)40-28-30-41(31-29-40)49-24-13-25-52-57(43-17-5-2-6-18-43)54-35-32-42-16-7-9-26-53(42)60(54)58(49)52/h1-38H. The number of furan rings is 1. The second-order valence-electron chi connectivity index (χ2n) is 15.7. The van der Waals surface area contributed by atoms with Crippen molar-refractivity contribution in [1.29, 1.82) is 0 Å². The molecule has 3 aromatic heterocycles. The molecule has 12 aromatic rings. The minimum Gasteiger partial charge on any atom is -0.456 e. The van der Waals surface area contributed by atoms with Gasteiger partial charge in [-0.3, -0.25) is 0 Å². The van der Waals surface area contributed by atoms with Gasteiger partial charge >= 0.3 is 0 Å². The van der Waals surface area contributed by atoms with Gasteiger partial charge < -0.3 is 13.7 Å². The quantitative estimate of drug-likeness (QED) is 0.161. The van der Waals surface area contributed by atoms with E-state index in [0.717, 1.165) is 55.7 Å². The zero-order valence-electron chi connectivity index (χ0n) is 33.2. The summed E-state index contributed by atoms with van der Waals surface area (Å²) in [6.45, 7) is 0. The first kappa shape index (κ1) is 34.9. The lowest BCUT2D eigenvalue weighted by Crippen LogP contribution is -2.10. The fourth-order valence-corrected chi connectivity index (χ4v) is 9.33. The number of nitrogens with zero attached hydrogens (tertiary/aromatic N) is 2. The van der Waals surface area contributed by atoms with Crippen molar-refractivity contribution in [3.05, 3.63) is 231 Å². The van der Waals surface area contributed by atoms with Crippen LogP contribution in [0.1, 0.15) is 0 Å². The van der Waals surface area contributed by atoms with E-state index in [1.165, 1.54) is 55.1 Å². The second-order valence-corrected chi connectivity index (χ2v) is 15.7. The topological polar surface area (TPSA) is 20.8 Å². The Morgan fingerprint density at radius 1 is 0.328 bits per heavy atom. The Balaban J connectivity index is 0.978. The van der Waals surface area contributed by atoms with E-state index in [9.17, 15) is 0 Å². The van der Waals surface area contributed by atoms with Crippen LogP contribution in [0, 0.1) is 0 Å². The Morgan fingerprint density at radius 3 is 1.67 bits per heavy atom. The van der Waals surface area contributed by atoms with Gasteiger partial charge in [0.15, 0.2) is 0 Å². The van der Waals surface area contributed by atoms with Gasteiger partial charge in [-0.05, 0) is 93.4 Å². The van der Waals surface area contributed by atoms with Crippen LogP contribution in [0.4, 0.5) is 17.1 Å². The van der Waals surface area contributed by atoms with Crippen molar-refractivity contribution in [1.82, 2.24) is 4.40 Å². The monoisotopic (exact) mass is 778 g/mol. The lowest BCUT2D eigenvalue weighted by Gasteiger charge is -2.26. The molecule has 0 bridgehead atoms. The molecule has 0 atom stereocenters. The van der Waals surface area contributed by atoms with Crippen LogP contribution in [0.2, 0.25) is 0 Å². The Morgan fingerprint density at radius 2 is 0.902 bits per heavy atom. The van der Waals surface area contributed by atoms with Crippen molar-refractivity contribution >= 4 is 66.3 Å². The van der Waals surface area contributed by atoms with Crippen LogP contribution in [0.25, 0.3) is 93.8 Å². The highest BCUT2D eigenvalue weighted by Crippen LogP contribution is 2.43. The van der Waals surface area contributed by atoms with Crippen LogP contribution in [-0.2, 0) is 0 Å². The molecule has 0 N–H and O–H groups in total. The summed E-state index contributed by atoms with van der Waals surface area (Å²) in [5, 5.41) is 4.70. The van der Waals surface area contributed by atoms with Gasteiger partial charge in [0.05, 0.1) is 16.6 Å². The Bertz CT molecular complexity index is 3580. The number of hydrogen-bond donors (Lipinski definition) is 0. The first-order valence-electron chi connectivity index (χ1n) is 20.8. The molecule has 12 rings (SSSR count). The van der Waals surface area contributed by atoms with Gasteiger partial charge in [0.1, 0.15) is 11.2 Å². The van der Waals surface area contributed by atoms with Crippen molar-refractivity contribution in [2.75, 3.05) is 4.90 Å². The molecule has 61 heavy (non-hydrogen) atoms. The van der Waals surface area contributed by atoms with Gasteiger partial charge in [-0.25, -0.2) is 0 Å². The molecule has 0 unspecified atom stereocenters. The normalized spacial score (nSPS) is 11.6. The van der Waals surface area contributed by atoms with Gasteiger partial charge in [-0.1, -0.05) is 170 Å². The predicted molar refractivity (Wildman–Crippen MR) is 256 cm³/mol. The van der Waals surface area contributed by atoms with Crippen molar-refractivity contribution < 1.29 is 4.42 Å². The van der Waals surface area contributed by atoms with E-state index in [0.29, 0.717) is 0 Å². The molecule has 0 saturated carbocycles. The Labute approximate surface area is 353 Å². The van der Waals surface area contributed by atoms with E-state index in [1.54, 1.807) is 0 Å². The molecule has 0 fully saturated rings. The van der Waals surface area contributed by atoms with Crippen LogP contribution < -0.4 is 4.90 Å². The molecule has 286 valence electrons. The number of pyridine rings is 1. The number of para-hydroxylation sites is 3. The minimum atomic E-state index is 0.865. The van der Waals surface area contributed by atoms with Crippen molar-refractivity contribution in [3.8, 4) is 44.5 Å². The summed E-state index contributed by atoms with van der Waals surface area (Å²) in [6, 6.07) is 82.9. The number of aromatic nitrogens is 1. The molecule has 0 saturated heterocycles. The molecule has 3 nitrogen and oxygen atoms in total. The van der Waals surface area contributed by atoms with Gasteiger partial charge in [0.25, 0.3) is 0 Å². The molecule has 9 aromatic carbocycles. The SMILES string of the molecule is c1ccc(-c2cccc(N(c3cccc(-c4ccc(-c5cccc6c(-c7ccccc7)c7ccc8ccccc8n7c56)cc4)c3)c3ccc4c(c3)oc3ccccc34)c2)cc1. The van der Waals surface area contributed by atoms with E-state index in [-0.39, 0.29) is 0 Å². The highest BCUT2D eigenvalue weighted by molar-refractivity contribution is 6.13. The first-order valence-corrected chi connectivity index (χ1v) is 20.8. The average Bonchev–Trinajstić information content (AvgIpc) is 3.88. The fraction of sp³-hybridized carbons (Fsp3) is 0. The lowest BCUT2D eigenvalue weighted by molar-refractivity contribution is 0.669. The van der Waals surface area contributed by atoms with Crippen LogP contribution in [0.5, 0.6) is 0 Å². The Kier molecular flexibility index (Phi) is 8.17. The molecule has 0 radical (unpaired) electrons. The third kappa shape index (κ3) is 5.90. The number of fused-ring (bicyclic) bond motifs is 8. The summed E-state index contributed by atoms with van der Waals surface area (Å²) >= 11 is 0. The van der Waals surface area contributed by atoms with Crippen LogP contribution >= 0.6 is 0 Å². The maximum Gasteiger partial charge on any atom is 0.137 e. The van der Waals surface area contributed by atoms with Gasteiger partial charge in [0, 0.05) is 50.4 Å². The zero-order chi connectivity index (χ0) is 40.3. The van der Waals surface area contributed by atoms with E-state index in [1.807, 2.05) is 12.1 Å². The predicted octanol–water partition coefficient (Wildman–Crippen LogP) is 16.3. The first-order chi connectivity index (χ1) is 30.2. The zero-order valence-corrected chi connectivity index (χ0v) is 33.2. The van der Waals surface area contributed by atoms with E-state index >= 15 is 0 Å². The highest BCUT2D eigenvalue weighted by Gasteiger charge is 2.20. The van der Waals surface area contributed by atoms with Crippen LogP contribution in [-0.4, -0.2) is 4.40 Å². The summed E-state index contributed by atoms with van der Waals surface area (Å²) in [5.41, 5.74) is 18.0. The summed E-state index contributed by atoms with van der Waals surface area (Å²) < 4.78 is 8.88. The maximum absolute atomic E-state index is 6.42. The molecule has 3 heteroatoms. The smallest absolute Gasteiger partial charge is 0.137 e. The maximum atomic E-state index is 6.42. The number of benzene rings is 9. The third-order valence-electron chi connectivity index (χ3n) is 12.2. The molecule has 0 aliphatic carbocycles. The summed E-state index contributed by atoms with van der Waals surface area (Å²) in [7, 11) is 0. The lowest BCUT2D eigenvalue weighted by atomic mass is 9.96. The number of anilines is 3. The van der Waals surface area contributed by atoms with E-state index < -0.39 is 0 Å². The van der Waals surface area contributed by atoms with Gasteiger partial charge in [-0.2, -0.15) is 0 Å². The van der Waals surface area contributed by atoms with Gasteiger partial charge in [0.2, 0.25) is 0 Å². The summed E-state index contributed by atoms with van der Waals surface area (Å²) in [4.78, 5) is 2.34. The largest absolute Gasteiger partial charge is 0.456 e. The molecule has 3 heterocycles. The average molecular weight is 779 g/mol. The molecule has 0 spiro atoms. The fourth-order valence-electron chi connectivity index (χ4n) is 9.33. The number of rotatable bonds is 7. The Hall–Kier alpha value is -8.14. The van der Waals surface area contributed by atoms with E-state index in [4.69, 9.17) is 4.42 Å². The molecule has 0 aliphatic rings. The van der Waals surface area contributed by atoms with Crippen LogP contribution in [0.15, 0.2) is 235 Å². The molecule has 0 amide bonds. The number of hydrogen-bond acceptors (Lipinski definition) is 2. The van der Waals surface area contributed by atoms with Gasteiger partial charge in [-0.15, -0.1) is 0 Å². The van der Waals surface area contributed by atoms with Crippen molar-refractivity contribution in [3.63, 3.8) is 0 Å². The second kappa shape index (κ2) is 14.3. The van der Waals surface area contributed by atoms with Crippen molar-refractivity contribution in [2.24, 2.45) is 0 Å². The highest BCUT2D eigenvalue weighted by atomic mass is 16.3. The minimum absolute atomic E-state index is 0.865. The van der Waals surface area contributed by atoms with E-state index in [2.05, 4.69) is 228 Å². The molecular formula is C58H38N2O. The van der Waals surface area contributed by atoms with Crippen LogP contribution in [0.3, 0.4) is 0 Å². The van der Waals surface area contributed by atoms with Crippen molar-refractivity contribution in [2.45, 2.75) is 0 Å². The summed E-state index contributed by atoms with van der Waals surface area (Å²) in [6.07, 6.45) is 0. The molecular weight excluding hydrogens is 741 g/mol. The molecule has 0 aliphatic heterocycles. The third-order valence-corrected chi connectivity index (χ3v) is 12.2.